The van der Waals surface area contributed by atoms with Crippen LogP contribution in [0.5, 0.6) is 0 Å². The smallest absolute Gasteiger partial charge is 0.244 e. The molecule has 32 heavy (non-hydrogen) atoms. The molecule has 9 heteroatoms. The number of benzene rings is 2. The van der Waals surface area contributed by atoms with Crippen molar-refractivity contribution in [3.8, 4) is 0 Å². The maximum absolute atomic E-state index is 14.3. The van der Waals surface area contributed by atoms with Crippen LogP contribution in [-0.2, 0) is 26.2 Å². The van der Waals surface area contributed by atoms with Gasteiger partial charge >= 0.3 is 0 Å². The molecule has 0 spiro atoms. The van der Waals surface area contributed by atoms with E-state index >= 15 is 0 Å². The van der Waals surface area contributed by atoms with Crippen molar-refractivity contribution in [2.45, 2.75) is 39.8 Å². The van der Waals surface area contributed by atoms with Crippen LogP contribution < -0.4 is 9.62 Å². The molecule has 2 rings (SSSR count). The quantitative estimate of drug-likeness (QED) is 0.587. The predicted molar refractivity (Wildman–Crippen MR) is 123 cm³/mol. The number of hydrogen-bond donors (Lipinski definition) is 1. The highest BCUT2D eigenvalue weighted by molar-refractivity contribution is 7.92. The number of rotatable bonds is 10. The highest BCUT2D eigenvalue weighted by atomic mass is 32.2. The molecular formula is C23H30FN3O4S. The molecule has 2 aromatic rings. The van der Waals surface area contributed by atoms with Crippen molar-refractivity contribution in [2.24, 2.45) is 0 Å². The van der Waals surface area contributed by atoms with Crippen LogP contribution in [0.15, 0.2) is 48.5 Å². The Labute approximate surface area is 189 Å². The molecule has 1 atom stereocenters. The molecule has 0 aliphatic heterocycles. The van der Waals surface area contributed by atoms with Crippen LogP contribution in [0, 0.1) is 12.7 Å². The second kappa shape index (κ2) is 11.1. The number of anilines is 1. The Hall–Kier alpha value is -2.94. The number of para-hydroxylation sites is 1. The third-order valence-electron chi connectivity index (χ3n) is 4.99. The number of halogens is 1. The topological polar surface area (TPSA) is 86.8 Å². The molecule has 2 amide bonds. The molecule has 0 heterocycles. The van der Waals surface area contributed by atoms with E-state index in [1.54, 1.807) is 6.92 Å². The van der Waals surface area contributed by atoms with E-state index in [1.165, 1.54) is 23.1 Å². The second-order valence-corrected chi connectivity index (χ2v) is 9.60. The SMILES string of the molecule is CCCNC(=O)C(C)N(Cc1ccc(C)cc1)C(=O)CN(c1ccccc1F)S(C)(=O)=O. The van der Waals surface area contributed by atoms with Gasteiger partial charge in [0, 0.05) is 13.1 Å². The molecule has 0 fully saturated rings. The van der Waals surface area contributed by atoms with Gasteiger partial charge in [-0.3, -0.25) is 13.9 Å². The zero-order valence-electron chi connectivity index (χ0n) is 18.8. The summed E-state index contributed by atoms with van der Waals surface area (Å²) in [7, 11) is -3.96. The number of nitrogens with zero attached hydrogens (tertiary/aromatic N) is 2. The minimum atomic E-state index is -3.96. The third kappa shape index (κ3) is 6.78. The number of carbonyl (C=O) groups excluding carboxylic acids is 2. The molecule has 1 unspecified atom stereocenters. The lowest BCUT2D eigenvalue weighted by atomic mass is 10.1. The average Bonchev–Trinajstić information content (AvgIpc) is 2.74. The van der Waals surface area contributed by atoms with Crippen LogP contribution in [0.1, 0.15) is 31.4 Å². The summed E-state index contributed by atoms with van der Waals surface area (Å²) in [6.07, 6.45) is 1.65. The van der Waals surface area contributed by atoms with Gasteiger partial charge in [0.25, 0.3) is 0 Å². The lowest BCUT2D eigenvalue weighted by Crippen LogP contribution is -2.51. The Kier molecular flexibility index (Phi) is 8.77. The molecule has 0 aliphatic carbocycles. The molecule has 174 valence electrons. The normalized spacial score (nSPS) is 12.2. The number of aryl methyl sites for hydroxylation is 1. The Morgan fingerprint density at radius 2 is 1.72 bits per heavy atom. The number of hydrogen-bond acceptors (Lipinski definition) is 4. The molecule has 2 aromatic carbocycles. The van der Waals surface area contributed by atoms with E-state index in [2.05, 4.69) is 5.32 Å². The maximum Gasteiger partial charge on any atom is 0.244 e. The van der Waals surface area contributed by atoms with Gasteiger partial charge in [0.05, 0.1) is 11.9 Å². The average molecular weight is 464 g/mol. The molecule has 0 bridgehead atoms. The fourth-order valence-electron chi connectivity index (χ4n) is 3.12. The molecule has 1 N–H and O–H groups in total. The fraction of sp³-hybridized carbons (Fsp3) is 0.391. The molecule has 0 aliphatic rings. The first-order valence-corrected chi connectivity index (χ1v) is 12.2. The van der Waals surface area contributed by atoms with Crippen molar-refractivity contribution in [3.63, 3.8) is 0 Å². The van der Waals surface area contributed by atoms with Gasteiger partial charge in [0.2, 0.25) is 21.8 Å². The molecule has 0 aromatic heterocycles. The van der Waals surface area contributed by atoms with E-state index in [1.807, 2.05) is 38.1 Å². The predicted octanol–water partition coefficient (Wildman–Crippen LogP) is 2.84. The summed E-state index contributed by atoms with van der Waals surface area (Å²) in [5.74, 6) is -1.72. The van der Waals surface area contributed by atoms with Gasteiger partial charge in [-0.05, 0) is 38.0 Å². The number of sulfonamides is 1. The first-order chi connectivity index (χ1) is 15.0. The zero-order chi connectivity index (χ0) is 23.9. The standard InChI is InChI=1S/C23H30FN3O4S/c1-5-14-25-23(29)18(3)26(15-19-12-10-17(2)11-13-19)22(28)16-27(32(4,30)31)21-9-7-6-8-20(21)24/h6-13,18H,5,14-16H2,1-4H3,(H,25,29). The number of carbonyl (C=O) groups is 2. The highest BCUT2D eigenvalue weighted by Gasteiger charge is 2.30. The minimum absolute atomic E-state index is 0.106. The number of amides is 2. The largest absolute Gasteiger partial charge is 0.354 e. The summed E-state index contributed by atoms with van der Waals surface area (Å²) in [5.41, 5.74) is 1.61. The van der Waals surface area contributed by atoms with Crippen LogP contribution >= 0.6 is 0 Å². The van der Waals surface area contributed by atoms with Crippen molar-refractivity contribution >= 4 is 27.5 Å². The molecule has 7 nitrogen and oxygen atoms in total. The molecular weight excluding hydrogens is 433 g/mol. The van der Waals surface area contributed by atoms with Crippen molar-refractivity contribution in [2.75, 3.05) is 23.7 Å². The van der Waals surface area contributed by atoms with E-state index in [-0.39, 0.29) is 18.1 Å². The summed E-state index contributed by atoms with van der Waals surface area (Å²) >= 11 is 0. The van der Waals surface area contributed by atoms with Crippen molar-refractivity contribution in [1.82, 2.24) is 10.2 Å². The van der Waals surface area contributed by atoms with Gasteiger partial charge in [-0.1, -0.05) is 48.9 Å². The van der Waals surface area contributed by atoms with Crippen LogP contribution in [0.2, 0.25) is 0 Å². The van der Waals surface area contributed by atoms with E-state index in [0.717, 1.165) is 34.2 Å². The van der Waals surface area contributed by atoms with E-state index in [4.69, 9.17) is 0 Å². The second-order valence-electron chi connectivity index (χ2n) is 7.70. The van der Waals surface area contributed by atoms with Crippen LogP contribution in [-0.4, -0.2) is 50.5 Å². The van der Waals surface area contributed by atoms with Gasteiger partial charge in [-0.15, -0.1) is 0 Å². The molecule has 0 saturated heterocycles. The van der Waals surface area contributed by atoms with E-state index < -0.39 is 34.3 Å². The van der Waals surface area contributed by atoms with Gasteiger partial charge in [-0.25, -0.2) is 12.8 Å². The third-order valence-corrected chi connectivity index (χ3v) is 6.12. The molecule has 0 saturated carbocycles. The Bertz CT molecular complexity index is 1040. The van der Waals surface area contributed by atoms with E-state index in [0.29, 0.717) is 6.54 Å². The van der Waals surface area contributed by atoms with Crippen molar-refractivity contribution < 1.29 is 22.4 Å². The Morgan fingerprint density at radius 3 is 2.28 bits per heavy atom. The summed E-state index contributed by atoms with van der Waals surface area (Å²) in [5, 5.41) is 2.76. The fourth-order valence-corrected chi connectivity index (χ4v) is 3.97. The van der Waals surface area contributed by atoms with Crippen LogP contribution in [0.3, 0.4) is 0 Å². The van der Waals surface area contributed by atoms with Crippen molar-refractivity contribution in [1.29, 1.82) is 0 Å². The first-order valence-electron chi connectivity index (χ1n) is 10.4. The Balaban J connectivity index is 2.37. The van der Waals surface area contributed by atoms with Crippen LogP contribution in [0.4, 0.5) is 10.1 Å². The van der Waals surface area contributed by atoms with Gasteiger partial charge in [-0.2, -0.15) is 0 Å². The zero-order valence-corrected chi connectivity index (χ0v) is 19.7. The summed E-state index contributed by atoms with van der Waals surface area (Å²) in [6, 6.07) is 12.0. The summed E-state index contributed by atoms with van der Waals surface area (Å²) < 4.78 is 39.8. The maximum atomic E-state index is 14.3. The van der Waals surface area contributed by atoms with Gasteiger partial charge in [0.15, 0.2) is 0 Å². The monoisotopic (exact) mass is 463 g/mol. The molecule has 0 radical (unpaired) electrons. The van der Waals surface area contributed by atoms with Crippen LogP contribution in [0.25, 0.3) is 0 Å². The van der Waals surface area contributed by atoms with E-state index in [9.17, 15) is 22.4 Å². The summed E-state index contributed by atoms with van der Waals surface area (Å²) in [4.78, 5) is 27.2. The first kappa shape index (κ1) is 25.3. The Morgan fingerprint density at radius 1 is 1.09 bits per heavy atom. The summed E-state index contributed by atoms with van der Waals surface area (Å²) in [6.45, 7) is 5.38. The number of nitrogens with one attached hydrogen (secondary N) is 1. The minimum Gasteiger partial charge on any atom is -0.354 e. The lowest BCUT2D eigenvalue weighted by molar-refractivity contribution is -0.139. The lowest BCUT2D eigenvalue weighted by Gasteiger charge is -2.31. The van der Waals surface area contributed by atoms with Gasteiger partial charge < -0.3 is 10.2 Å². The highest BCUT2D eigenvalue weighted by Crippen LogP contribution is 2.22. The van der Waals surface area contributed by atoms with Crippen molar-refractivity contribution in [3.05, 3.63) is 65.5 Å². The van der Waals surface area contributed by atoms with Gasteiger partial charge in [0.1, 0.15) is 18.4 Å².